The Morgan fingerprint density at radius 2 is 1.94 bits per heavy atom. The summed E-state index contributed by atoms with van der Waals surface area (Å²) < 4.78 is 38.7. The molecule has 3 fully saturated rings. The van der Waals surface area contributed by atoms with E-state index in [1.807, 2.05) is 12.1 Å². The Balaban J connectivity index is 1.30. The number of hydrogen-bond donors (Lipinski definition) is 4. The maximum Gasteiger partial charge on any atom is 0.393 e. The molecule has 1 amide bonds. The largest absolute Gasteiger partial charge is 0.393 e. The second-order valence-electron chi connectivity index (χ2n) is 9.12. The number of amides is 1. The van der Waals surface area contributed by atoms with E-state index in [4.69, 9.17) is 5.73 Å². The van der Waals surface area contributed by atoms with Gasteiger partial charge in [0.05, 0.1) is 35.3 Å². The molecule has 3 aliphatic rings. The average Bonchev–Trinajstić information content (AvgIpc) is 3.26. The van der Waals surface area contributed by atoms with Crippen LogP contribution in [0.3, 0.4) is 0 Å². The van der Waals surface area contributed by atoms with Crippen LogP contribution in [0.15, 0.2) is 18.2 Å². The maximum absolute atomic E-state index is 12.9. The summed E-state index contributed by atoms with van der Waals surface area (Å²) >= 11 is 0. The number of nitrogens with zero attached hydrogens (tertiary/aromatic N) is 3. The molecule has 0 saturated carbocycles. The molecule has 1 aromatic rings. The van der Waals surface area contributed by atoms with Crippen LogP contribution in [0.5, 0.6) is 0 Å². The maximum atomic E-state index is 12.9. The molecule has 3 saturated heterocycles. The van der Waals surface area contributed by atoms with Gasteiger partial charge in [0.1, 0.15) is 0 Å². The summed E-state index contributed by atoms with van der Waals surface area (Å²) in [5.41, 5.74) is 13.3. The number of nitrogens with two attached hydrogens (primary N) is 1. The van der Waals surface area contributed by atoms with Crippen molar-refractivity contribution in [2.75, 3.05) is 45.8 Å². The highest BCUT2D eigenvalue weighted by atomic mass is 19.4. The number of benzene rings is 1. The third-order valence-electron chi connectivity index (χ3n) is 7.07. The van der Waals surface area contributed by atoms with Gasteiger partial charge in [0.15, 0.2) is 0 Å². The number of piperidine rings is 1. The van der Waals surface area contributed by atoms with Gasteiger partial charge >= 0.3 is 6.18 Å². The van der Waals surface area contributed by atoms with Gasteiger partial charge in [-0.05, 0) is 30.5 Å². The number of nitrogens with one attached hydrogen (secondary N) is 3. The summed E-state index contributed by atoms with van der Waals surface area (Å²) in [5, 5.41) is 12.3. The Morgan fingerprint density at radius 3 is 2.55 bits per heavy atom. The molecule has 0 aliphatic carbocycles. The highest BCUT2D eigenvalue weighted by Crippen LogP contribution is 2.33. The predicted octanol–water partition coefficient (Wildman–Crippen LogP) is 0.928. The molecule has 11 heteroatoms. The number of hydrogen-bond acceptors (Lipinski definition) is 7. The van der Waals surface area contributed by atoms with Crippen molar-refractivity contribution in [3.63, 3.8) is 0 Å². The van der Waals surface area contributed by atoms with Crippen LogP contribution in [-0.2, 0) is 0 Å². The lowest BCUT2D eigenvalue weighted by Crippen LogP contribution is -2.58. The molecule has 180 valence electrons. The number of piperazine rings is 1. The van der Waals surface area contributed by atoms with E-state index in [1.165, 1.54) is 0 Å². The SMILES string of the molecule is N#Cc1ccc(C2NNCC2CN2CCN(C3CCC(C(F)(F)F)CN3)CC2)cc1C(N)=O. The van der Waals surface area contributed by atoms with Gasteiger partial charge in [-0.15, -0.1) is 0 Å². The Morgan fingerprint density at radius 1 is 1.18 bits per heavy atom. The standard InChI is InChI=1S/C22H30F3N7O/c23-22(24,25)17-3-4-19(28-12-17)32-7-5-31(6-8-32)13-16-11-29-30-20(16)14-1-2-15(10-26)18(9-14)21(27)33/h1-2,9,16-17,19-20,28-30H,3-8,11-13H2,(H2,27,33). The molecule has 5 N–H and O–H groups in total. The topological polar surface area (TPSA) is 109 Å². The molecule has 0 bridgehead atoms. The molecule has 0 aromatic heterocycles. The third kappa shape index (κ3) is 5.47. The van der Waals surface area contributed by atoms with Crippen molar-refractivity contribution in [2.45, 2.75) is 31.2 Å². The van der Waals surface area contributed by atoms with Crippen LogP contribution >= 0.6 is 0 Å². The van der Waals surface area contributed by atoms with Crippen molar-refractivity contribution >= 4 is 5.91 Å². The van der Waals surface area contributed by atoms with E-state index in [0.717, 1.165) is 44.8 Å². The number of rotatable bonds is 5. The average molecular weight is 466 g/mol. The molecule has 4 rings (SSSR count). The first-order chi connectivity index (χ1) is 15.8. The van der Waals surface area contributed by atoms with E-state index in [1.54, 1.807) is 12.1 Å². The zero-order valence-electron chi connectivity index (χ0n) is 18.4. The summed E-state index contributed by atoms with van der Waals surface area (Å²) in [7, 11) is 0. The Hall–Kier alpha value is -2.23. The Kier molecular flexibility index (Phi) is 7.21. The zero-order chi connectivity index (χ0) is 23.6. The number of carbonyl (C=O) groups is 1. The number of primary amides is 1. The van der Waals surface area contributed by atoms with Crippen molar-refractivity contribution in [3.05, 3.63) is 34.9 Å². The number of halogens is 3. The lowest BCUT2D eigenvalue weighted by molar-refractivity contribution is -0.182. The molecule has 4 unspecified atom stereocenters. The number of carbonyl (C=O) groups excluding carboxylic acids is 1. The van der Waals surface area contributed by atoms with Gasteiger partial charge in [-0.2, -0.15) is 18.4 Å². The summed E-state index contributed by atoms with van der Waals surface area (Å²) in [6.07, 6.45) is -3.41. The fourth-order valence-corrected chi connectivity index (χ4v) is 5.14. The van der Waals surface area contributed by atoms with E-state index < -0.39 is 18.0 Å². The van der Waals surface area contributed by atoms with Gasteiger partial charge < -0.3 is 16.0 Å². The fraction of sp³-hybridized carbons (Fsp3) is 0.636. The van der Waals surface area contributed by atoms with Crippen LogP contribution in [0.25, 0.3) is 0 Å². The predicted molar refractivity (Wildman–Crippen MR) is 116 cm³/mol. The van der Waals surface area contributed by atoms with Gasteiger partial charge in [0.2, 0.25) is 5.91 Å². The molecule has 0 spiro atoms. The molecule has 3 aliphatic heterocycles. The normalized spacial score (nSPS) is 29.6. The van der Waals surface area contributed by atoms with E-state index in [-0.39, 0.29) is 42.2 Å². The minimum atomic E-state index is -4.12. The van der Waals surface area contributed by atoms with Crippen LogP contribution in [0.1, 0.15) is 40.4 Å². The second kappa shape index (κ2) is 9.95. The molecule has 4 atom stereocenters. The molecule has 1 aromatic carbocycles. The van der Waals surface area contributed by atoms with E-state index >= 15 is 0 Å². The minimum Gasteiger partial charge on any atom is -0.366 e. The Labute approximate surface area is 191 Å². The molecular weight excluding hydrogens is 435 g/mol. The first-order valence-electron chi connectivity index (χ1n) is 11.3. The highest BCUT2D eigenvalue weighted by molar-refractivity contribution is 5.95. The Bertz CT molecular complexity index is 887. The number of hydrazine groups is 1. The summed E-state index contributed by atoms with van der Waals surface area (Å²) in [5.74, 6) is -1.61. The summed E-state index contributed by atoms with van der Waals surface area (Å²) in [6.45, 7) is 4.93. The van der Waals surface area contributed by atoms with Crippen LogP contribution in [0, 0.1) is 23.2 Å². The zero-order valence-corrected chi connectivity index (χ0v) is 18.4. The van der Waals surface area contributed by atoms with Gasteiger partial charge in [-0.1, -0.05) is 6.07 Å². The second-order valence-corrected chi connectivity index (χ2v) is 9.12. The number of nitriles is 1. The minimum absolute atomic E-state index is 0.00659. The monoisotopic (exact) mass is 465 g/mol. The first-order valence-corrected chi connectivity index (χ1v) is 11.3. The lowest BCUT2D eigenvalue weighted by Gasteiger charge is -2.43. The molecule has 33 heavy (non-hydrogen) atoms. The molecule has 3 heterocycles. The number of alkyl halides is 3. The van der Waals surface area contributed by atoms with Crippen molar-refractivity contribution in [1.29, 1.82) is 5.26 Å². The van der Waals surface area contributed by atoms with Crippen molar-refractivity contribution in [3.8, 4) is 6.07 Å². The van der Waals surface area contributed by atoms with Crippen molar-refractivity contribution in [2.24, 2.45) is 17.6 Å². The molecule has 0 radical (unpaired) electrons. The van der Waals surface area contributed by atoms with Crippen LogP contribution in [-0.4, -0.2) is 73.9 Å². The van der Waals surface area contributed by atoms with Gasteiger partial charge in [0.25, 0.3) is 0 Å². The highest BCUT2D eigenvalue weighted by Gasteiger charge is 2.42. The van der Waals surface area contributed by atoms with Crippen LogP contribution < -0.4 is 21.9 Å². The van der Waals surface area contributed by atoms with E-state index in [9.17, 15) is 23.2 Å². The van der Waals surface area contributed by atoms with Crippen molar-refractivity contribution < 1.29 is 18.0 Å². The van der Waals surface area contributed by atoms with Crippen LogP contribution in [0.4, 0.5) is 13.2 Å². The van der Waals surface area contributed by atoms with Gasteiger partial charge in [-0.25, -0.2) is 5.43 Å². The van der Waals surface area contributed by atoms with Crippen LogP contribution in [0.2, 0.25) is 0 Å². The van der Waals surface area contributed by atoms with E-state index in [2.05, 4.69) is 26.0 Å². The summed E-state index contributed by atoms with van der Waals surface area (Å²) in [4.78, 5) is 16.4. The molecule has 8 nitrogen and oxygen atoms in total. The summed E-state index contributed by atoms with van der Waals surface area (Å²) in [6, 6.07) is 7.16. The van der Waals surface area contributed by atoms with Gasteiger partial charge in [0, 0.05) is 51.7 Å². The fourth-order valence-electron chi connectivity index (χ4n) is 5.14. The smallest absolute Gasteiger partial charge is 0.366 e. The van der Waals surface area contributed by atoms with Gasteiger partial charge in [-0.3, -0.25) is 15.1 Å². The molecular formula is C22H30F3N7O. The third-order valence-corrected chi connectivity index (χ3v) is 7.07. The van der Waals surface area contributed by atoms with Crippen molar-refractivity contribution in [1.82, 2.24) is 26.0 Å². The quantitative estimate of drug-likeness (QED) is 0.512. The lowest BCUT2D eigenvalue weighted by atomic mass is 9.91. The first kappa shape index (κ1) is 23.9. The van der Waals surface area contributed by atoms with E-state index in [0.29, 0.717) is 6.42 Å².